The van der Waals surface area contributed by atoms with Crippen LogP contribution < -0.4 is 5.32 Å². The van der Waals surface area contributed by atoms with E-state index in [1.54, 1.807) is 0 Å². The lowest BCUT2D eigenvalue weighted by Gasteiger charge is -2.30. The first kappa shape index (κ1) is 12.5. The smallest absolute Gasteiger partial charge is 0.00701 e. The molecule has 1 nitrogen and oxygen atoms in total. The van der Waals surface area contributed by atoms with E-state index in [4.69, 9.17) is 0 Å². The standard InChI is InChI=1S/C12H26NP/c1-3-5-10(4-2)13-11-6-8-12(14)9-7-11/h10-13H,3-9,14H2,1-2H3/t10-,11?,12?/m1/s1. The minimum atomic E-state index is 0.769. The molecule has 1 fully saturated rings. The zero-order chi connectivity index (χ0) is 10.4. The van der Waals surface area contributed by atoms with E-state index in [1.807, 2.05) is 0 Å². The fourth-order valence-electron chi connectivity index (χ4n) is 2.37. The van der Waals surface area contributed by atoms with Crippen molar-refractivity contribution in [3.05, 3.63) is 0 Å². The fraction of sp³-hybridized carbons (Fsp3) is 1.00. The summed E-state index contributed by atoms with van der Waals surface area (Å²) in [4.78, 5) is 0. The second-order valence-electron chi connectivity index (χ2n) is 4.67. The molecule has 1 N–H and O–H groups in total. The Morgan fingerprint density at radius 1 is 1.21 bits per heavy atom. The highest BCUT2D eigenvalue weighted by Gasteiger charge is 2.19. The molecule has 2 atom stereocenters. The summed E-state index contributed by atoms with van der Waals surface area (Å²) in [6, 6.07) is 1.58. The molecule has 84 valence electrons. The van der Waals surface area contributed by atoms with Crippen LogP contribution in [0.3, 0.4) is 0 Å². The molecule has 0 heterocycles. The molecule has 0 aromatic heterocycles. The molecule has 0 amide bonds. The second kappa shape index (κ2) is 6.80. The minimum Gasteiger partial charge on any atom is -0.311 e. The maximum Gasteiger partial charge on any atom is 0.00701 e. The van der Waals surface area contributed by atoms with Gasteiger partial charge in [0.25, 0.3) is 0 Å². The Bertz CT molecular complexity index is 141. The third-order valence-corrected chi connectivity index (χ3v) is 4.04. The van der Waals surface area contributed by atoms with Crippen molar-refractivity contribution in [3.8, 4) is 0 Å². The Hall–Kier alpha value is 0.390. The van der Waals surface area contributed by atoms with Crippen LogP contribution >= 0.6 is 9.24 Å². The average molecular weight is 215 g/mol. The predicted molar refractivity (Wildman–Crippen MR) is 67.9 cm³/mol. The summed E-state index contributed by atoms with van der Waals surface area (Å²) < 4.78 is 0. The van der Waals surface area contributed by atoms with E-state index in [1.165, 1.54) is 44.9 Å². The normalized spacial score (nSPS) is 30.2. The molecule has 0 bridgehead atoms. The highest BCUT2D eigenvalue weighted by atomic mass is 31.0. The number of hydrogen-bond donors (Lipinski definition) is 1. The van der Waals surface area contributed by atoms with Gasteiger partial charge in [-0.2, -0.15) is 0 Å². The summed E-state index contributed by atoms with van der Waals surface area (Å²) in [6.07, 6.45) is 9.50. The van der Waals surface area contributed by atoms with Crippen LogP contribution in [0, 0.1) is 0 Å². The van der Waals surface area contributed by atoms with Crippen LogP contribution in [0.1, 0.15) is 58.8 Å². The van der Waals surface area contributed by atoms with Crippen LogP contribution in [0.25, 0.3) is 0 Å². The first-order chi connectivity index (χ1) is 6.76. The van der Waals surface area contributed by atoms with Gasteiger partial charge in [0.1, 0.15) is 0 Å². The van der Waals surface area contributed by atoms with E-state index in [-0.39, 0.29) is 0 Å². The van der Waals surface area contributed by atoms with Gasteiger partial charge in [0.15, 0.2) is 0 Å². The molecule has 0 saturated heterocycles. The van der Waals surface area contributed by atoms with Gasteiger partial charge < -0.3 is 5.32 Å². The van der Waals surface area contributed by atoms with E-state index < -0.39 is 0 Å². The zero-order valence-corrected chi connectivity index (χ0v) is 10.9. The molecule has 1 aliphatic carbocycles. The molecular weight excluding hydrogens is 189 g/mol. The van der Waals surface area contributed by atoms with E-state index >= 15 is 0 Å². The SMILES string of the molecule is CCC[C@@H](CC)NC1CCC(P)CC1. The van der Waals surface area contributed by atoms with Crippen molar-refractivity contribution in [2.45, 2.75) is 76.5 Å². The molecular formula is C12H26NP. The fourth-order valence-corrected chi connectivity index (χ4v) is 2.76. The second-order valence-corrected chi connectivity index (χ2v) is 5.62. The first-order valence-corrected chi connectivity index (χ1v) is 6.94. The molecule has 1 rings (SSSR count). The quantitative estimate of drug-likeness (QED) is 0.694. The molecule has 0 aromatic carbocycles. The molecule has 1 unspecified atom stereocenters. The van der Waals surface area contributed by atoms with Crippen LogP contribution in [0.4, 0.5) is 0 Å². The highest BCUT2D eigenvalue weighted by molar-refractivity contribution is 7.17. The lowest BCUT2D eigenvalue weighted by Crippen LogP contribution is -2.40. The Morgan fingerprint density at radius 2 is 1.86 bits per heavy atom. The highest BCUT2D eigenvalue weighted by Crippen LogP contribution is 2.25. The van der Waals surface area contributed by atoms with Gasteiger partial charge >= 0.3 is 0 Å². The lowest BCUT2D eigenvalue weighted by molar-refractivity contribution is 0.325. The first-order valence-electron chi connectivity index (χ1n) is 6.27. The van der Waals surface area contributed by atoms with E-state index in [9.17, 15) is 0 Å². The average Bonchev–Trinajstić information content (AvgIpc) is 2.20. The Balaban J connectivity index is 2.21. The van der Waals surface area contributed by atoms with Gasteiger partial charge in [0.05, 0.1) is 0 Å². The minimum absolute atomic E-state index is 0.769. The third-order valence-electron chi connectivity index (χ3n) is 3.37. The lowest BCUT2D eigenvalue weighted by atomic mass is 9.93. The molecule has 0 spiro atoms. The van der Waals surface area contributed by atoms with Crippen molar-refractivity contribution < 1.29 is 0 Å². The third kappa shape index (κ3) is 4.28. The largest absolute Gasteiger partial charge is 0.311 e. The summed E-state index contributed by atoms with van der Waals surface area (Å²) in [7, 11) is 2.97. The number of rotatable bonds is 5. The monoisotopic (exact) mass is 215 g/mol. The topological polar surface area (TPSA) is 12.0 Å². The van der Waals surface area contributed by atoms with Crippen LogP contribution in [-0.4, -0.2) is 17.7 Å². The summed E-state index contributed by atoms with van der Waals surface area (Å²) in [6.45, 7) is 4.58. The van der Waals surface area contributed by atoms with Gasteiger partial charge in [-0.25, -0.2) is 0 Å². The Kier molecular flexibility index (Phi) is 6.05. The number of hydrogen-bond acceptors (Lipinski definition) is 1. The van der Waals surface area contributed by atoms with Crippen molar-refractivity contribution >= 4 is 9.24 Å². The Morgan fingerprint density at radius 3 is 2.36 bits per heavy atom. The predicted octanol–water partition coefficient (Wildman–Crippen LogP) is 3.34. The maximum atomic E-state index is 3.82. The van der Waals surface area contributed by atoms with Gasteiger partial charge in [-0.05, 0) is 44.2 Å². The van der Waals surface area contributed by atoms with Crippen LogP contribution in [0.2, 0.25) is 0 Å². The van der Waals surface area contributed by atoms with Crippen molar-refractivity contribution in [2.75, 3.05) is 0 Å². The summed E-state index contributed by atoms with van der Waals surface area (Å²) >= 11 is 0. The van der Waals surface area contributed by atoms with Gasteiger partial charge in [-0.3, -0.25) is 0 Å². The van der Waals surface area contributed by atoms with E-state index in [2.05, 4.69) is 28.4 Å². The summed E-state index contributed by atoms with van der Waals surface area (Å²) in [5.74, 6) is 0. The molecule has 14 heavy (non-hydrogen) atoms. The Labute approximate surface area is 91.6 Å². The van der Waals surface area contributed by atoms with E-state index in [0.717, 1.165) is 17.7 Å². The van der Waals surface area contributed by atoms with Crippen molar-refractivity contribution in [3.63, 3.8) is 0 Å². The van der Waals surface area contributed by atoms with Crippen LogP contribution in [-0.2, 0) is 0 Å². The molecule has 0 radical (unpaired) electrons. The van der Waals surface area contributed by atoms with Gasteiger partial charge in [-0.1, -0.05) is 20.3 Å². The molecule has 2 heteroatoms. The molecule has 1 aliphatic rings. The summed E-state index contributed by atoms with van der Waals surface area (Å²) in [5, 5.41) is 3.82. The van der Waals surface area contributed by atoms with Gasteiger partial charge in [0.2, 0.25) is 0 Å². The number of nitrogens with one attached hydrogen (secondary N) is 1. The van der Waals surface area contributed by atoms with Crippen LogP contribution in [0.15, 0.2) is 0 Å². The maximum absolute atomic E-state index is 3.82. The zero-order valence-electron chi connectivity index (χ0n) is 9.76. The van der Waals surface area contributed by atoms with Gasteiger partial charge in [-0.15, -0.1) is 9.24 Å². The van der Waals surface area contributed by atoms with Gasteiger partial charge in [0, 0.05) is 12.1 Å². The van der Waals surface area contributed by atoms with Crippen LogP contribution in [0.5, 0.6) is 0 Å². The van der Waals surface area contributed by atoms with Crippen molar-refractivity contribution in [2.24, 2.45) is 0 Å². The molecule has 0 aromatic rings. The van der Waals surface area contributed by atoms with Crippen molar-refractivity contribution in [1.82, 2.24) is 5.32 Å². The molecule has 0 aliphatic heterocycles. The molecule has 1 saturated carbocycles. The van der Waals surface area contributed by atoms with Crippen molar-refractivity contribution in [1.29, 1.82) is 0 Å². The van der Waals surface area contributed by atoms with E-state index in [0.29, 0.717) is 0 Å². The summed E-state index contributed by atoms with van der Waals surface area (Å²) in [5.41, 5.74) is 0.888.